The van der Waals surface area contributed by atoms with Crippen LogP contribution < -0.4 is 26.7 Å². The zero-order chi connectivity index (χ0) is 29.4. The van der Waals surface area contributed by atoms with Gasteiger partial charge in [-0.1, -0.05) is 6.08 Å². The number of H-pyrrole nitrogens is 1. The molecule has 12 nitrogen and oxygen atoms in total. The predicted octanol–water partition coefficient (Wildman–Crippen LogP) is 2.34. The number of alkyl halides is 3. The number of carbonyl (C=O) groups excluding carboxylic acids is 3. The van der Waals surface area contributed by atoms with Crippen molar-refractivity contribution < 1.29 is 41.4 Å². The third-order valence-corrected chi connectivity index (χ3v) is 5.25. The van der Waals surface area contributed by atoms with E-state index in [0.717, 1.165) is 29.9 Å². The molecule has 1 aromatic carbocycles. The summed E-state index contributed by atoms with van der Waals surface area (Å²) < 4.78 is 62.0. The number of carbonyl (C=O) groups is 3. The lowest BCUT2D eigenvalue weighted by Gasteiger charge is -2.17. The van der Waals surface area contributed by atoms with Crippen LogP contribution in [0.5, 0.6) is 5.75 Å². The van der Waals surface area contributed by atoms with Gasteiger partial charge in [-0.05, 0) is 37.1 Å². The number of nitrogens with two attached hydrogens (primary N) is 1. The Morgan fingerprint density at radius 3 is 2.70 bits per heavy atom. The van der Waals surface area contributed by atoms with E-state index in [1.165, 1.54) is 24.4 Å². The highest BCUT2D eigenvalue weighted by Crippen LogP contribution is 2.27. The summed E-state index contributed by atoms with van der Waals surface area (Å²) in [5, 5.41) is 4.76. The molecular formula is C24H24F4N6O6. The van der Waals surface area contributed by atoms with E-state index >= 15 is 0 Å². The standard InChI is InChI=1S/C24H24F4N6O6/c1-39-23(38)32-14(5-2-3-7-18(29)35)21(36)31-15-6-4-8-34(22(15)37)11-19-30-16-9-13(25)10-17(20(16)33-19)40-12-24(26,27)28/h3-4,6-10,14H,2,5,11-12H2,1H3,(H2,29,35)(H,30,33)(H,31,36)(H,32,38). The first kappa shape index (κ1) is 29.7. The molecule has 3 rings (SSSR count). The third kappa shape index (κ3) is 8.31. The van der Waals surface area contributed by atoms with Gasteiger partial charge in [0, 0.05) is 12.3 Å². The molecule has 5 N–H and O–H groups in total. The lowest BCUT2D eigenvalue weighted by atomic mass is 10.1. The van der Waals surface area contributed by atoms with Crippen LogP contribution in [-0.2, 0) is 20.9 Å². The fraction of sp³-hybridized carbons (Fsp3) is 0.292. The van der Waals surface area contributed by atoms with Crippen molar-refractivity contribution in [3.63, 3.8) is 0 Å². The average Bonchev–Trinajstić information content (AvgIpc) is 3.28. The smallest absolute Gasteiger partial charge is 0.422 e. The number of allylic oxidation sites excluding steroid dienone is 1. The maximum absolute atomic E-state index is 13.9. The Kier molecular flexibility index (Phi) is 9.47. The largest absolute Gasteiger partial charge is 0.482 e. The van der Waals surface area contributed by atoms with Crippen LogP contribution >= 0.6 is 0 Å². The second-order valence-corrected chi connectivity index (χ2v) is 8.30. The van der Waals surface area contributed by atoms with Crippen LogP contribution in [0.1, 0.15) is 18.7 Å². The molecule has 0 fully saturated rings. The number of imidazole rings is 1. The second kappa shape index (κ2) is 12.8. The van der Waals surface area contributed by atoms with E-state index < -0.39 is 53.9 Å². The number of anilines is 1. The lowest BCUT2D eigenvalue weighted by Crippen LogP contribution is -2.44. The molecule has 0 aliphatic rings. The summed E-state index contributed by atoms with van der Waals surface area (Å²) in [6.45, 7) is -1.87. The molecule has 0 bridgehead atoms. The van der Waals surface area contributed by atoms with Crippen molar-refractivity contribution in [1.29, 1.82) is 0 Å². The van der Waals surface area contributed by atoms with Gasteiger partial charge in [0.05, 0.1) is 19.2 Å². The third-order valence-electron chi connectivity index (χ3n) is 5.25. The molecular weight excluding hydrogens is 544 g/mol. The molecule has 16 heteroatoms. The number of rotatable bonds is 11. The summed E-state index contributed by atoms with van der Waals surface area (Å²) >= 11 is 0. The van der Waals surface area contributed by atoms with Gasteiger partial charge < -0.3 is 35.4 Å². The SMILES string of the molecule is COC(=O)NC(CCC=CC(N)=O)C(=O)Nc1cccn(Cc2nc3c(OCC(F)(F)F)cc(F)cc3[nH]2)c1=O. The van der Waals surface area contributed by atoms with Crippen LogP contribution in [0.25, 0.3) is 11.0 Å². The van der Waals surface area contributed by atoms with Crippen molar-refractivity contribution in [2.24, 2.45) is 5.73 Å². The number of nitrogens with one attached hydrogen (secondary N) is 3. The molecule has 2 heterocycles. The minimum Gasteiger partial charge on any atom is -0.482 e. The Labute approximate surface area is 223 Å². The average molecular weight is 568 g/mol. The Hall–Kier alpha value is -4.89. The number of alkyl carbamates (subject to hydrolysis) is 1. The van der Waals surface area contributed by atoms with Gasteiger partial charge in [0.15, 0.2) is 12.4 Å². The Morgan fingerprint density at radius 2 is 2.02 bits per heavy atom. The molecule has 0 saturated heterocycles. The number of amides is 3. The Balaban J connectivity index is 1.80. The van der Waals surface area contributed by atoms with Crippen LogP contribution in [0, 0.1) is 5.82 Å². The highest BCUT2D eigenvalue weighted by molar-refractivity contribution is 5.96. The Morgan fingerprint density at radius 1 is 1.27 bits per heavy atom. The van der Waals surface area contributed by atoms with Gasteiger partial charge in [-0.25, -0.2) is 14.2 Å². The predicted molar refractivity (Wildman–Crippen MR) is 133 cm³/mol. The number of fused-ring (bicyclic) bond motifs is 1. The highest BCUT2D eigenvalue weighted by Gasteiger charge is 2.29. The zero-order valence-corrected chi connectivity index (χ0v) is 20.9. The molecule has 2 aromatic heterocycles. The van der Waals surface area contributed by atoms with Crippen molar-refractivity contribution in [3.05, 3.63) is 64.6 Å². The van der Waals surface area contributed by atoms with E-state index in [0.29, 0.717) is 0 Å². The molecule has 1 unspecified atom stereocenters. The number of halogens is 4. The van der Waals surface area contributed by atoms with Crippen molar-refractivity contribution in [2.45, 2.75) is 31.6 Å². The summed E-state index contributed by atoms with van der Waals surface area (Å²) in [5.41, 5.74) is 4.16. The number of pyridine rings is 1. The zero-order valence-electron chi connectivity index (χ0n) is 20.9. The second-order valence-electron chi connectivity index (χ2n) is 8.30. The summed E-state index contributed by atoms with van der Waals surface area (Å²) in [5.74, 6) is -2.64. The Bertz CT molecular complexity index is 1480. The summed E-state index contributed by atoms with van der Waals surface area (Å²) in [6.07, 6.45) is -1.45. The summed E-state index contributed by atoms with van der Waals surface area (Å²) in [4.78, 5) is 55.3. The van der Waals surface area contributed by atoms with Crippen LogP contribution in [-0.4, -0.2) is 58.4 Å². The van der Waals surface area contributed by atoms with Gasteiger partial charge in [-0.3, -0.25) is 14.4 Å². The summed E-state index contributed by atoms with van der Waals surface area (Å²) in [7, 11) is 1.10. The minimum atomic E-state index is -4.65. The molecule has 0 saturated carbocycles. The van der Waals surface area contributed by atoms with Gasteiger partial charge in [0.25, 0.3) is 5.56 Å². The number of aromatic amines is 1. The number of hydrogen-bond donors (Lipinski definition) is 4. The number of benzene rings is 1. The quantitative estimate of drug-likeness (QED) is 0.203. The van der Waals surface area contributed by atoms with Crippen LogP contribution in [0.3, 0.4) is 0 Å². The number of primary amides is 1. The molecule has 0 spiro atoms. The normalized spacial score (nSPS) is 12.3. The maximum Gasteiger partial charge on any atom is 0.422 e. The summed E-state index contributed by atoms with van der Waals surface area (Å²) in [6, 6.07) is 3.40. The lowest BCUT2D eigenvalue weighted by molar-refractivity contribution is -0.153. The maximum atomic E-state index is 13.9. The van der Waals surface area contributed by atoms with E-state index in [1.807, 2.05) is 0 Å². The van der Waals surface area contributed by atoms with Gasteiger partial charge in [-0.15, -0.1) is 0 Å². The van der Waals surface area contributed by atoms with Crippen molar-refractivity contribution in [3.8, 4) is 5.75 Å². The van der Waals surface area contributed by atoms with Crippen molar-refractivity contribution in [2.75, 3.05) is 19.0 Å². The number of hydrogen-bond acceptors (Lipinski definition) is 7. The van der Waals surface area contributed by atoms with E-state index in [-0.39, 0.29) is 41.9 Å². The molecule has 3 aromatic rings. The minimum absolute atomic E-state index is 0.0417. The van der Waals surface area contributed by atoms with Crippen molar-refractivity contribution >= 4 is 34.6 Å². The molecule has 3 amide bonds. The molecule has 0 aliphatic heterocycles. The number of nitrogens with zero attached hydrogens (tertiary/aromatic N) is 2. The molecule has 1 atom stereocenters. The first-order chi connectivity index (χ1) is 18.9. The van der Waals surface area contributed by atoms with Gasteiger partial charge in [0.1, 0.15) is 28.9 Å². The van der Waals surface area contributed by atoms with Gasteiger partial charge in [0.2, 0.25) is 11.8 Å². The van der Waals surface area contributed by atoms with Crippen LogP contribution in [0.2, 0.25) is 0 Å². The number of ether oxygens (including phenoxy) is 2. The monoisotopic (exact) mass is 568 g/mol. The van der Waals surface area contributed by atoms with E-state index in [4.69, 9.17) is 5.73 Å². The molecule has 214 valence electrons. The van der Waals surface area contributed by atoms with Gasteiger partial charge >= 0.3 is 12.3 Å². The first-order valence-corrected chi connectivity index (χ1v) is 11.5. The highest BCUT2D eigenvalue weighted by atomic mass is 19.4. The number of aromatic nitrogens is 3. The molecule has 0 aliphatic carbocycles. The first-order valence-electron chi connectivity index (χ1n) is 11.5. The topological polar surface area (TPSA) is 170 Å². The van der Waals surface area contributed by atoms with E-state index in [1.54, 1.807) is 0 Å². The fourth-order valence-electron chi connectivity index (χ4n) is 3.52. The van der Waals surface area contributed by atoms with Crippen LogP contribution in [0.4, 0.5) is 28.0 Å². The molecule has 40 heavy (non-hydrogen) atoms. The van der Waals surface area contributed by atoms with Crippen LogP contribution in [0.15, 0.2) is 47.4 Å². The van der Waals surface area contributed by atoms with E-state index in [9.17, 15) is 36.7 Å². The van der Waals surface area contributed by atoms with E-state index in [2.05, 4.69) is 30.1 Å². The van der Waals surface area contributed by atoms with Gasteiger partial charge in [-0.2, -0.15) is 13.2 Å². The number of methoxy groups -OCH3 is 1. The molecule has 0 radical (unpaired) electrons. The van der Waals surface area contributed by atoms with Crippen molar-refractivity contribution in [1.82, 2.24) is 19.9 Å². The fourth-order valence-corrected chi connectivity index (χ4v) is 3.52.